The number of Topliss-reactive ketones (excluding diaryl/α,β-unsaturated/α-hetero) is 1. The van der Waals surface area contributed by atoms with Gasteiger partial charge in [0.2, 0.25) is 6.41 Å². The Labute approximate surface area is 155 Å². The second-order valence-corrected chi connectivity index (χ2v) is 7.03. The molecule has 0 aromatic heterocycles. The van der Waals surface area contributed by atoms with Crippen molar-refractivity contribution in [3.8, 4) is 0 Å². The number of carbonyl (C=O) groups excluding carboxylic acids is 3. The van der Waals surface area contributed by atoms with Crippen LogP contribution >= 0.6 is 0 Å². The van der Waals surface area contributed by atoms with E-state index in [1.165, 1.54) is 0 Å². The zero-order valence-electron chi connectivity index (χ0n) is 16.1. The number of nitrogens with zero attached hydrogens (tertiary/aromatic N) is 1. The third kappa shape index (κ3) is 6.59. The van der Waals surface area contributed by atoms with Crippen molar-refractivity contribution in [2.24, 2.45) is 11.8 Å². The predicted octanol–water partition coefficient (Wildman–Crippen LogP) is 2.97. The molecule has 0 saturated carbocycles. The van der Waals surface area contributed by atoms with Crippen molar-refractivity contribution < 1.29 is 19.6 Å². The molecule has 1 rings (SSSR count). The van der Waals surface area contributed by atoms with Gasteiger partial charge in [-0.3, -0.25) is 19.6 Å². The molecular weight excluding hydrogens is 332 g/mol. The van der Waals surface area contributed by atoms with E-state index in [0.29, 0.717) is 23.5 Å². The van der Waals surface area contributed by atoms with Crippen LogP contribution in [0.25, 0.3) is 0 Å². The summed E-state index contributed by atoms with van der Waals surface area (Å²) in [7, 11) is 0. The van der Waals surface area contributed by atoms with Crippen molar-refractivity contribution in [3.05, 3.63) is 35.4 Å². The molecule has 26 heavy (non-hydrogen) atoms. The van der Waals surface area contributed by atoms with Gasteiger partial charge in [0.05, 0.1) is 12.6 Å². The van der Waals surface area contributed by atoms with Gasteiger partial charge in [-0.05, 0) is 31.4 Å². The Balaban J connectivity index is 2.95. The summed E-state index contributed by atoms with van der Waals surface area (Å²) in [6.07, 6.45) is 2.56. The second kappa shape index (κ2) is 10.7. The van der Waals surface area contributed by atoms with Crippen LogP contribution in [0, 0.1) is 18.8 Å². The molecule has 0 aliphatic heterocycles. The molecule has 0 saturated heterocycles. The van der Waals surface area contributed by atoms with Crippen LogP contribution in [0.5, 0.6) is 0 Å². The van der Waals surface area contributed by atoms with E-state index in [2.05, 4.69) is 5.32 Å². The minimum atomic E-state index is -0.676. The van der Waals surface area contributed by atoms with Gasteiger partial charge in [0, 0.05) is 11.5 Å². The lowest BCUT2D eigenvalue weighted by Gasteiger charge is -2.27. The molecule has 144 valence electrons. The van der Waals surface area contributed by atoms with Crippen LogP contribution in [-0.4, -0.2) is 41.0 Å². The van der Waals surface area contributed by atoms with E-state index >= 15 is 0 Å². The first-order valence-electron chi connectivity index (χ1n) is 9.12. The number of hydrogen-bond donors (Lipinski definition) is 2. The summed E-state index contributed by atoms with van der Waals surface area (Å²) >= 11 is 0. The zero-order chi connectivity index (χ0) is 19.7. The quantitative estimate of drug-likeness (QED) is 0.360. The first-order chi connectivity index (χ1) is 12.3. The molecule has 0 spiro atoms. The first kappa shape index (κ1) is 21.8. The topological polar surface area (TPSA) is 86.7 Å². The fraction of sp³-hybridized carbons (Fsp3) is 0.550. The standard InChI is InChI=1S/C20H30N2O4/c1-5-6-9-17(12-22(26)13-23)19(24)18(14(2)3)21-20(25)16-10-7-8-15(4)11-16/h7-8,10-11,13-14,17-18,26H,5-6,9,12H2,1-4H3,(H,21,25)/t17-,18+/m1/s1. The lowest BCUT2D eigenvalue weighted by Crippen LogP contribution is -2.48. The summed E-state index contributed by atoms with van der Waals surface area (Å²) in [5.41, 5.74) is 1.47. The summed E-state index contributed by atoms with van der Waals surface area (Å²) in [4.78, 5) is 36.3. The second-order valence-electron chi connectivity index (χ2n) is 7.03. The molecule has 6 nitrogen and oxygen atoms in total. The largest absolute Gasteiger partial charge is 0.342 e. The van der Waals surface area contributed by atoms with E-state index < -0.39 is 12.0 Å². The molecule has 1 aromatic carbocycles. The number of aryl methyl sites for hydroxylation is 1. The molecule has 0 aliphatic rings. The van der Waals surface area contributed by atoms with Gasteiger partial charge in [-0.15, -0.1) is 0 Å². The maximum absolute atomic E-state index is 13.0. The van der Waals surface area contributed by atoms with Gasteiger partial charge >= 0.3 is 0 Å². The monoisotopic (exact) mass is 362 g/mol. The van der Waals surface area contributed by atoms with Crippen molar-refractivity contribution in [1.29, 1.82) is 0 Å². The number of nitrogens with one attached hydrogen (secondary N) is 1. The summed E-state index contributed by atoms with van der Waals surface area (Å²) in [5, 5.41) is 12.8. The van der Waals surface area contributed by atoms with Gasteiger partial charge in [-0.25, -0.2) is 5.06 Å². The Hall–Kier alpha value is -2.21. The van der Waals surface area contributed by atoms with Gasteiger partial charge in [-0.2, -0.15) is 0 Å². The Bertz CT molecular complexity index is 616. The van der Waals surface area contributed by atoms with E-state index in [9.17, 15) is 19.6 Å². The number of rotatable bonds is 11. The highest BCUT2D eigenvalue weighted by atomic mass is 16.5. The maximum atomic E-state index is 13.0. The van der Waals surface area contributed by atoms with Crippen molar-refractivity contribution in [2.45, 2.75) is 53.0 Å². The number of unbranched alkanes of at least 4 members (excludes halogenated alkanes) is 1. The van der Waals surface area contributed by atoms with Crippen LogP contribution in [0.1, 0.15) is 56.0 Å². The fourth-order valence-electron chi connectivity index (χ4n) is 2.87. The van der Waals surface area contributed by atoms with Crippen molar-refractivity contribution in [1.82, 2.24) is 10.4 Å². The summed E-state index contributed by atoms with van der Waals surface area (Å²) in [6, 6.07) is 6.50. The average molecular weight is 362 g/mol. The van der Waals surface area contributed by atoms with Crippen LogP contribution in [0.15, 0.2) is 24.3 Å². The van der Waals surface area contributed by atoms with Crippen LogP contribution in [0.4, 0.5) is 0 Å². The third-order valence-electron chi connectivity index (χ3n) is 4.38. The number of benzene rings is 1. The maximum Gasteiger partial charge on any atom is 0.251 e. The van der Waals surface area contributed by atoms with E-state index in [1.807, 2.05) is 33.8 Å². The average Bonchev–Trinajstić information content (AvgIpc) is 2.61. The SMILES string of the molecule is CCCC[C@H](CN(O)C=O)C(=O)[C@@H](NC(=O)c1cccc(C)c1)C(C)C. The number of amides is 2. The Morgan fingerprint density at radius 2 is 2.00 bits per heavy atom. The molecule has 2 amide bonds. The fourth-order valence-corrected chi connectivity index (χ4v) is 2.87. The number of ketones is 1. The summed E-state index contributed by atoms with van der Waals surface area (Å²) in [5.74, 6) is -1.08. The zero-order valence-corrected chi connectivity index (χ0v) is 16.1. The Kier molecular flexibility index (Phi) is 8.99. The smallest absolute Gasteiger partial charge is 0.251 e. The molecule has 0 radical (unpaired) electrons. The number of carbonyl (C=O) groups is 3. The van der Waals surface area contributed by atoms with Crippen LogP contribution < -0.4 is 5.32 Å². The normalized spacial score (nSPS) is 13.2. The van der Waals surface area contributed by atoms with Crippen molar-refractivity contribution in [3.63, 3.8) is 0 Å². The van der Waals surface area contributed by atoms with Gasteiger partial charge in [0.15, 0.2) is 5.78 Å². The van der Waals surface area contributed by atoms with Gasteiger partial charge in [0.1, 0.15) is 0 Å². The van der Waals surface area contributed by atoms with Gasteiger partial charge in [0.25, 0.3) is 5.91 Å². The Morgan fingerprint density at radius 1 is 1.31 bits per heavy atom. The molecule has 2 N–H and O–H groups in total. The molecule has 1 aromatic rings. The van der Waals surface area contributed by atoms with Crippen molar-refractivity contribution in [2.75, 3.05) is 6.54 Å². The minimum Gasteiger partial charge on any atom is -0.342 e. The number of hydrogen-bond acceptors (Lipinski definition) is 4. The molecule has 0 heterocycles. The van der Waals surface area contributed by atoms with Crippen LogP contribution in [0.3, 0.4) is 0 Å². The number of hydroxylamine groups is 2. The summed E-state index contributed by atoms with van der Waals surface area (Å²) in [6.45, 7) is 7.58. The molecule has 2 atom stereocenters. The molecule has 0 unspecified atom stereocenters. The summed E-state index contributed by atoms with van der Waals surface area (Å²) < 4.78 is 0. The molecule has 0 bridgehead atoms. The Morgan fingerprint density at radius 3 is 2.54 bits per heavy atom. The molecular formula is C20H30N2O4. The van der Waals surface area contributed by atoms with Crippen LogP contribution in [-0.2, 0) is 9.59 Å². The van der Waals surface area contributed by atoms with E-state index in [1.54, 1.807) is 18.2 Å². The van der Waals surface area contributed by atoms with E-state index in [4.69, 9.17) is 0 Å². The molecule has 0 aliphatic carbocycles. The minimum absolute atomic E-state index is 0.0636. The lowest BCUT2D eigenvalue weighted by atomic mass is 9.87. The highest BCUT2D eigenvalue weighted by molar-refractivity contribution is 5.98. The van der Waals surface area contributed by atoms with Crippen molar-refractivity contribution >= 4 is 18.1 Å². The van der Waals surface area contributed by atoms with Crippen LogP contribution in [0.2, 0.25) is 0 Å². The molecule has 6 heteroatoms. The molecule has 0 fully saturated rings. The van der Waals surface area contributed by atoms with E-state index in [0.717, 1.165) is 18.4 Å². The van der Waals surface area contributed by atoms with Gasteiger partial charge < -0.3 is 5.32 Å². The predicted molar refractivity (Wildman–Crippen MR) is 99.8 cm³/mol. The lowest BCUT2D eigenvalue weighted by molar-refractivity contribution is -0.154. The van der Waals surface area contributed by atoms with Gasteiger partial charge in [-0.1, -0.05) is 51.3 Å². The third-order valence-corrected chi connectivity index (χ3v) is 4.38. The first-order valence-corrected chi connectivity index (χ1v) is 9.12. The van der Waals surface area contributed by atoms with E-state index in [-0.39, 0.29) is 24.2 Å². The highest BCUT2D eigenvalue weighted by Gasteiger charge is 2.31. The highest BCUT2D eigenvalue weighted by Crippen LogP contribution is 2.17.